The van der Waals surface area contributed by atoms with Gasteiger partial charge in [-0.15, -0.1) is 0 Å². The van der Waals surface area contributed by atoms with Crippen LogP contribution in [0.5, 0.6) is 0 Å². The van der Waals surface area contributed by atoms with Crippen molar-refractivity contribution in [3.05, 3.63) is 142 Å². The average Bonchev–Trinajstić information content (AvgIpc) is 3.85. The number of amides is 3. The van der Waals surface area contributed by atoms with E-state index in [-0.39, 0.29) is 30.9 Å². The predicted molar refractivity (Wildman–Crippen MR) is 265 cm³/mol. The molecule has 2 aromatic carbocycles. The number of hydrogen-bond acceptors (Lipinski definition) is 14. The number of nitrogens with one attached hydrogen (secondary N) is 3. The summed E-state index contributed by atoms with van der Waals surface area (Å²) in [5.74, 6) is -0.660. The molecule has 76 heavy (non-hydrogen) atoms. The van der Waals surface area contributed by atoms with Gasteiger partial charge in [0.25, 0.3) is 11.8 Å². The summed E-state index contributed by atoms with van der Waals surface area (Å²) in [6, 6.07) is 21.0. The lowest BCUT2D eigenvalue weighted by Crippen LogP contribution is -2.35. The molecule has 7 heterocycles. The van der Waals surface area contributed by atoms with E-state index in [1.807, 2.05) is 13.8 Å². The molecule has 3 aliphatic rings. The topological polar surface area (TPSA) is 230 Å². The van der Waals surface area contributed by atoms with Gasteiger partial charge in [-0.1, -0.05) is 12.1 Å². The van der Waals surface area contributed by atoms with Crippen LogP contribution in [0, 0.1) is 13.8 Å². The SMILES string of the molecule is Cc1ccc(NC(=O)c2ccnc(C(F)(F)F)c2)cc1-c1cc(N2CCOC2=O)nc(C2(O)CCOCC2)c1.Cc1ccc(NC(=O)c2ccnc(C(F)(F)F)c2)cc1-c1cc(NCCO)nc(C2(O)CCOCC2)c1. The highest BCUT2D eigenvalue weighted by Crippen LogP contribution is 2.39. The van der Waals surface area contributed by atoms with Gasteiger partial charge in [-0.05, 0) is 120 Å². The molecule has 17 nitrogen and oxygen atoms in total. The molecule has 0 bridgehead atoms. The van der Waals surface area contributed by atoms with Crippen LogP contribution in [0.4, 0.5) is 54.1 Å². The van der Waals surface area contributed by atoms with Crippen molar-refractivity contribution in [3.8, 4) is 22.3 Å². The summed E-state index contributed by atoms with van der Waals surface area (Å²) in [5, 5.41) is 40.2. The molecule has 6 N–H and O–H groups in total. The summed E-state index contributed by atoms with van der Waals surface area (Å²) in [7, 11) is 0. The first-order valence-electron chi connectivity index (χ1n) is 24.0. The van der Waals surface area contributed by atoms with Crippen LogP contribution in [-0.2, 0) is 37.8 Å². The second-order valence-electron chi connectivity index (χ2n) is 18.3. The first kappa shape index (κ1) is 54.7. The number of anilines is 4. The number of aliphatic hydroxyl groups is 3. The average molecular weight is 1060 g/mol. The third-order valence-electron chi connectivity index (χ3n) is 12.9. The van der Waals surface area contributed by atoms with E-state index in [9.17, 15) is 56.0 Å². The number of carbonyl (C=O) groups is 3. The molecule has 9 rings (SSSR count). The number of aliphatic hydroxyl groups excluding tert-OH is 1. The van der Waals surface area contributed by atoms with Gasteiger partial charge < -0.3 is 45.5 Å². The van der Waals surface area contributed by atoms with Crippen LogP contribution < -0.4 is 20.9 Å². The molecule has 0 spiro atoms. The number of nitrogens with zero attached hydrogens (tertiary/aromatic N) is 5. The minimum Gasteiger partial charge on any atom is -0.447 e. The fourth-order valence-electron chi connectivity index (χ4n) is 8.66. The highest BCUT2D eigenvalue weighted by atomic mass is 19.4. The Balaban J connectivity index is 0.000000202. The van der Waals surface area contributed by atoms with Crippen LogP contribution >= 0.6 is 0 Å². The zero-order valence-electron chi connectivity index (χ0n) is 41.0. The zero-order chi connectivity index (χ0) is 54.4. The van der Waals surface area contributed by atoms with Crippen LogP contribution in [0.15, 0.2) is 97.3 Å². The largest absolute Gasteiger partial charge is 0.447 e. The molecular formula is C53H52F6N8O9. The van der Waals surface area contributed by atoms with Crippen molar-refractivity contribution in [2.24, 2.45) is 0 Å². The summed E-state index contributed by atoms with van der Waals surface area (Å²) in [5.41, 5.74) is 0.872. The number of rotatable bonds is 12. The van der Waals surface area contributed by atoms with E-state index in [1.54, 1.807) is 60.7 Å². The number of hydrogen-bond donors (Lipinski definition) is 6. The lowest BCUT2D eigenvalue weighted by Gasteiger charge is -2.32. The van der Waals surface area contributed by atoms with Crippen LogP contribution in [0.2, 0.25) is 0 Å². The summed E-state index contributed by atoms with van der Waals surface area (Å²) in [4.78, 5) is 54.9. The summed E-state index contributed by atoms with van der Waals surface area (Å²) in [6.45, 7) is 5.91. The summed E-state index contributed by atoms with van der Waals surface area (Å²) in [6.07, 6.45) is -6.60. The van der Waals surface area contributed by atoms with E-state index in [1.165, 1.54) is 17.0 Å². The van der Waals surface area contributed by atoms with Crippen molar-refractivity contribution in [1.29, 1.82) is 0 Å². The highest BCUT2D eigenvalue weighted by molar-refractivity contribution is 6.05. The van der Waals surface area contributed by atoms with Gasteiger partial charge in [0.05, 0.1) is 24.5 Å². The summed E-state index contributed by atoms with van der Waals surface area (Å²) >= 11 is 0. The van der Waals surface area contributed by atoms with Crippen molar-refractivity contribution in [2.45, 2.75) is 63.1 Å². The van der Waals surface area contributed by atoms with E-state index >= 15 is 0 Å². The van der Waals surface area contributed by atoms with Crippen molar-refractivity contribution in [2.75, 3.05) is 73.6 Å². The normalized spacial score (nSPS) is 16.2. The second-order valence-corrected chi connectivity index (χ2v) is 18.3. The lowest BCUT2D eigenvalue weighted by molar-refractivity contribution is -0.142. The van der Waals surface area contributed by atoms with Gasteiger partial charge in [0.1, 0.15) is 40.8 Å². The monoisotopic (exact) mass is 1060 g/mol. The maximum atomic E-state index is 13.0. The van der Waals surface area contributed by atoms with Crippen LogP contribution in [0.3, 0.4) is 0 Å². The molecule has 23 heteroatoms. The number of cyclic esters (lactones) is 1. The number of benzene rings is 2. The maximum Gasteiger partial charge on any atom is 0.433 e. The molecule has 400 valence electrons. The Kier molecular flexibility index (Phi) is 16.4. The number of alkyl halides is 6. The van der Waals surface area contributed by atoms with Gasteiger partial charge in [-0.3, -0.25) is 24.5 Å². The first-order chi connectivity index (χ1) is 36.1. The zero-order valence-corrected chi connectivity index (χ0v) is 41.0. The molecule has 3 saturated heterocycles. The third kappa shape index (κ3) is 12.9. The third-order valence-corrected chi connectivity index (χ3v) is 12.9. The highest BCUT2D eigenvalue weighted by Gasteiger charge is 2.38. The smallest absolute Gasteiger partial charge is 0.433 e. The van der Waals surface area contributed by atoms with Crippen molar-refractivity contribution < 1.29 is 70.3 Å². The lowest BCUT2D eigenvalue weighted by atomic mass is 9.88. The van der Waals surface area contributed by atoms with Gasteiger partial charge in [0.2, 0.25) is 0 Å². The number of ether oxygens (including phenoxy) is 3. The van der Waals surface area contributed by atoms with E-state index in [0.717, 1.165) is 29.1 Å². The summed E-state index contributed by atoms with van der Waals surface area (Å²) < 4.78 is 94.0. The minimum atomic E-state index is -4.68. The van der Waals surface area contributed by atoms with Gasteiger partial charge in [-0.25, -0.2) is 14.8 Å². The maximum absolute atomic E-state index is 13.0. The number of halogens is 6. The molecule has 3 fully saturated rings. The molecule has 0 saturated carbocycles. The van der Waals surface area contributed by atoms with Crippen LogP contribution in [0.1, 0.15) is 80.3 Å². The molecule has 6 aromatic rings. The molecule has 3 amide bonds. The van der Waals surface area contributed by atoms with E-state index in [4.69, 9.17) is 14.2 Å². The number of aromatic nitrogens is 4. The Hall–Kier alpha value is -7.57. The Morgan fingerprint density at radius 1 is 0.645 bits per heavy atom. The fourth-order valence-corrected chi connectivity index (χ4v) is 8.66. The van der Waals surface area contributed by atoms with E-state index < -0.39 is 52.9 Å². The van der Waals surface area contributed by atoms with Gasteiger partial charge in [-0.2, -0.15) is 26.3 Å². The van der Waals surface area contributed by atoms with Crippen molar-refractivity contribution >= 4 is 40.9 Å². The van der Waals surface area contributed by atoms with Crippen LogP contribution in [-0.4, -0.2) is 106 Å². The number of pyridine rings is 4. The molecule has 0 aliphatic carbocycles. The first-order valence-corrected chi connectivity index (χ1v) is 24.0. The number of aryl methyl sites for hydroxylation is 2. The van der Waals surface area contributed by atoms with Gasteiger partial charge in [0.15, 0.2) is 0 Å². The quantitative estimate of drug-likeness (QED) is 0.0630. The Morgan fingerprint density at radius 3 is 1.57 bits per heavy atom. The van der Waals surface area contributed by atoms with E-state index in [0.29, 0.717) is 122 Å². The standard InChI is InChI=1S/C27H25F3N4O5.C26H27F3N4O4/c1-16-2-3-19(32-24(35)17-4-7-31-22(12-17)27(28,29)30)15-20(16)18-13-21(26(37)5-9-38-10-6-26)33-23(14-18)34-8-11-39-25(34)36;1-16-2-3-19(32-24(35)17-4-7-30-22(12-17)26(27,28)29)15-20(16)18-13-21(25(36)5-10-37-11-6-25)33-23(14-18)31-8-9-34/h2-4,7,12-15,37H,5-6,8-11H2,1H3,(H,32,35);2-4,7,12-15,34,36H,5-6,8-11H2,1H3,(H,31,33)(H,32,35). The van der Waals surface area contributed by atoms with Gasteiger partial charge >= 0.3 is 18.4 Å². The Morgan fingerprint density at radius 2 is 1.12 bits per heavy atom. The Labute approximate surface area is 431 Å². The second kappa shape index (κ2) is 22.7. The minimum absolute atomic E-state index is 0.106. The Bertz CT molecular complexity index is 3110. The molecular weight excluding hydrogens is 1010 g/mol. The predicted octanol–water partition coefficient (Wildman–Crippen LogP) is 8.80. The number of carbonyl (C=O) groups excluding carboxylic acids is 3. The molecule has 0 radical (unpaired) electrons. The van der Waals surface area contributed by atoms with Crippen LogP contribution in [0.25, 0.3) is 22.3 Å². The molecule has 3 aliphatic heterocycles. The van der Waals surface area contributed by atoms with Crippen molar-refractivity contribution in [1.82, 2.24) is 19.9 Å². The molecule has 0 atom stereocenters. The van der Waals surface area contributed by atoms with E-state index in [2.05, 4.69) is 35.9 Å². The molecule has 4 aromatic heterocycles. The fraction of sp³-hybridized carbons (Fsp3) is 0.340. The van der Waals surface area contributed by atoms with Gasteiger partial charge in [0, 0.05) is 93.6 Å². The molecule has 0 unspecified atom stereocenters. The van der Waals surface area contributed by atoms with Crippen molar-refractivity contribution in [3.63, 3.8) is 0 Å².